The summed E-state index contributed by atoms with van der Waals surface area (Å²) in [7, 11) is -1.75. The van der Waals surface area contributed by atoms with E-state index in [0.717, 1.165) is 22.6 Å². The van der Waals surface area contributed by atoms with E-state index in [-0.39, 0.29) is 23.1 Å². The van der Waals surface area contributed by atoms with Gasteiger partial charge in [-0.15, -0.1) is 0 Å². The topological polar surface area (TPSA) is 93.5 Å². The molecule has 9 heteroatoms. The molecule has 4 rings (SSSR count). The minimum Gasteiger partial charge on any atom is -0.488 e. The number of ether oxygens (including phenoxy) is 1. The van der Waals surface area contributed by atoms with Crippen LogP contribution in [0.25, 0.3) is 11.3 Å². The number of amides is 1. The third-order valence-corrected chi connectivity index (χ3v) is 7.39. The molecule has 8 nitrogen and oxygen atoms in total. The van der Waals surface area contributed by atoms with Crippen molar-refractivity contribution in [3.05, 3.63) is 59.8 Å². The van der Waals surface area contributed by atoms with Gasteiger partial charge in [-0.2, -0.15) is 9.40 Å². The second-order valence-corrected chi connectivity index (χ2v) is 9.09. The van der Waals surface area contributed by atoms with E-state index in [1.807, 2.05) is 24.3 Å². The van der Waals surface area contributed by atoms with E-state index in [4.69, 9.17) is 4.74 Å². The largest absolute Gasteiger partial charge is 0.488 e. The molecule has 2 aromatic carbocycles. The number of hydrogen-bond donors (Lipinski definition) is 1. The van der Waals surface area contributed by atoms with Crippen molar-refractivity contribution in [1.29, 1.82) is 0 Å². The number of para-hydroxylation sites is 1. The number of hydrogen-bond acceptors (Lipinski definition) is 5. The molecule has 0 atom stereocenters. The van der Waals surface area contributed by atoms with Gasteiger partial charge in [0.2, 0.25) is 10.0 Å². The first kappa shape index (κ1) is 21.1. The number of nitrogens with one attached hydrogen (secondary N) is 1. The molecule has 0 aliphatic carbocycles. The van der Waals surface area contributed by atoms with Crippen molar-refractivity contribution in [3.63, 3.8) is 0 Å². The summed E-state index contributed by atoms with van der Waals surface area (Å²) >= 11 is 0. The van der Waals surface area contributed by atoms with Crippen molar-refractivity contribution in [2.75, 3.05) is 18.4 Å². The number of aromatic nitrogens is 2. The average Bonchev–Trinajstić information content (AvgIpc) is 3.12. The highest BCUT2D eigenvalue weighted by atomic mass is 32.2. The molecule has 1 aliphatic heterocycles. The van der Waals surface area contributed by atoms with Gasteiger partial charge in [-0.1, -0.05) is 26.0 Å². The molecule has 0 radical (unpaired) electrons. The Morgan fingerprint density at radius 2 is 1.81 bits per heavy atom. The van der Waals surface area contributed by atoms with Gasteiger partial charge in [0.05, 0.1) is 10.6 Å². The molecule has 0 saturated carbocycles. The van der Waals surface area contributed by atoms with E-state index >= 15 is 0 Å². The molecule has 1 aromatic heterocycles. The lowest BCUT2D eigenvalue weighted by Gasteiger charge is -2.19. The zero-order chi connectivity index (χ0) is 22.2. The zero-order valence-corrected chi connectivity index (χ0v) is 18.4. The lowest BCUT2D eigenvalue weighted by atomic mass is 10.0. The quantitative estimate of drug-likeness (QED) is 0.635. The minimum absolute atomic E-state index is 0.189. The fourth-order valence-electron chi connectivity index (χ4n) is 3.78. The van der Waals surface area contributed by atoms with Crippen molar-refractivity contribution in [3.8, 4) is 17.0 Å². The van der Waals surface area contributed by atoms with E-state index in [9.17, 15) is 13.2 Å². The maximum absolute atomic E-state index is 12.9. The Balaban J connectivity index is 1.58. The Morgan fingerprint density at radius 3 is 2.48 bits per heavy atom. The molecule has 3 aromatic rings. The van der Waals surface area contributed by atoms with Crippen molar-refractivity contribution >= 4 is 21.6 Å². The van der Waals surface area contributed by atoms with Crippen molar-refractivity contribution < 1.29 is 17.9 Å². The van der Waals surface area contributed by atoms with Gasteiger partial charge in [-0.3, -0.25) is 9.48 Å². The van der Waals surface area contributed by atoms with Crippen LogP contribution in [0, 0.1) is 0 Å². The molecule has 1 amide bonds. The fourth-order valence-corrected chi connectivity index (χ4v) is 5.23. The molecule has 31 heavy (non-hydrogen) atoms. The Hall–Kier alpha value is -3.17. The number of aryl methyl sites for hydroxylation is 1. The first-order valence-corrected chi connectivity index (χ1v) is 11.5. The van der Waals surface area contributed by atoms with Gasteiger partial charge in [-0.25, -0.2) is 8.42 Å². The molecular formula is C22H24N4O4S. The van der Waals surface area contributed by atoms with Crippen molar-refractivity contribution in [1.82, 2.24) is 14.1 Å². The number of carbonyl (C=O) groups is 1. The minimum atomic E-state index is -3.55. The summed E-state index contributed by atoms with van der Waals surface area (Å²) in [5.41, 5.74) is 3.24. The average molecular weight is 441 g/mol. The van der Waals surface area contributed by atoms with E-state index in [2.05, 4.69) is 10.4 Å². The van der Waals surface area contributed by atoms with Crippen LogP contribution >= 0.6 is 0 Å². The maximum Gasteiger partial charge on any atom is 0.276 e. The number of rotatable bonds is 6. The number of fused-ring (bicyclic) bond motifs is 3. The standard InChI is InChI=1S/C22H24N4O4S/c1-4-26(5-2)31(28,29)16-12-10-15(11-13-16)23-22(27)20-18-14-30-19-9-7-6-8-17(19)21(18)25(3)24-20/h6-13H,4-5,14H2,1-3H3,(H,23,27). The second-order valence-electron chi connectivity index (χ2n) is 7.15. The summed E-state index contributed by atoms with van der Waals surface area (Å²) in [4.78, 5) is 13.1. The zero-order valence-electron chi connectivity index (χ0n) is 17.6. The number of sulfonamides is 1. The van der Waals surface area contributed by atoms with Gasteiger partial charge in [0.15, 0.2) is 5.69 Å². The molecule has 0 spiro atoms. The van der Waals surface area contributed by atoms with Crippen LogP contribution in [0.2, 0.25) is 0 Å². The predicted octanol–water partition coefficient (Wildman–Crippen LogP) is 3.26. The summed E-state index contributed by atoms with van der Waals surface area (Å²) < 4.78 is 34.1. The third kappa shape index (κ3) is 3.70. The lowest BCUT2D eigenvalue weighted by molar-refractivity contribution is 0.101. The predicted molar refractivity (Wildman–Crippen MR) is 117 cm³/mol. The van der Waals surface area contributed by atoms with Gasteiger partial charge in [-0.05, 0) is 36.4 Å². The Bertz CT molecular complexity index is 1230. The van der Waals surface area contributed by atoms with Crippen molar-refractivity contribution in [2.45, 2.75) is 25.3 Å². The normalized spacial score (nSPS) is 12.8. The second kappa shape index (κ2) is 8.16. The van der Waals surface area contributed by atoms with E-state index < -0.39 is 10.0 Å². The highest BCUT2D eigenvalue weighted by Gasteiger charge is 2.28. The SMILES string of the molecule is CCN(CC)S(=O)(=O)c1ccc(NC(=O)c2nn(C)c3c2COc2ccccc2-3)cc1. The van der Waals surface area contributed by atoms with Gasteiger partial charge in [0.1, 0.15) is 12.4 Å². The van der Waals surface area contributed by atoms with E-state index in [0.29, 0.717) is 18.8 Å². The Kier molecular flexibility index (Phi) is 5.55. The molecule has 0 saturated heterocycles. The Morgan fingerprint density at radius 1 is 1.13 bits per heavy atom. The highest BCUT2D eigenvalue weighted by Crippen LogP contribution is 2.38. The molecule has 0 unspecified atom stereocenters. The fraction of sp³-hybridized carbons (Fsp3) is 0.273. The number of nitrogens with zero attached hydrogens (tertiary/aromatic N) is 3. The highest BCUT2D eigenvalue weighted by molar-refractivity contribution is 7.89. The maximum atomic E-state index is 12.9. The van der Waals surface area contributed by atoms with Crippen LogP contribution in [-0.4, -0.2) is 41.5 Å². The molecule has 1 aliphatic rings. The lowest BCUT2D eigenvalue weighted by Crippen LogP contribution is -2.30. The van der Waals surface area contributed by atoms with Gasteiger partial charge >= 0.3 is 0 Å². The van der Waals surface area contributed by atoms with Gasteiger partial charge in [0, 0.05) is 37.0 Å². The monoisotopic (exact) mass is 440 g/mol. The summed E-state index contributed by atoms with van der Waals surface area (Å²) in [6, 6.07) is 13.8. The van der Waals surface area contributed by atoms with Crippen LogP contribution < -0.4 is 10.1 Å². The van der Waals surface area contributed by atoms with Crippen LogP contribution in [0.4, 0.5) is 5.69 Å². The van der Waals surface area contributed by atoms with Crippen LogP contribution in [0.3, 0.4) is 0 Å². The number of benzene rings is 2. The summed E-state index contributed by atoms with van der Waals surface area (Å²) in [6.45, 7) is 4.64. The number of anilines is 1. The molecule has 1 N–H and O–H groups in total. The van der Waals surface area contributed by atoms with Crippen LogP contribution in [-0.2, 0) is 23.7 Å². The third-order valence-electron chi connectivity index (χ3n) is 5.33. The summed E-state index contributed by atoms with van der Waals surface area (Å²) in [5.74, 6) is 0.383. The first-order valence-electron chi connectivity index (χ1n) is 10.1. The van der Waals surface area contributed by atoms with E-state index in [1.165, 1.54) is 16.4 Å². The summed E-state index contributed by atoms with van der Waals surface area (Å²) in [6.07, 6.45) is 0. The molecular weight excluding hydrogens is 416 g/mol. The molecule has 2 heterocycles. The first-order chi connectivity index (χ1) is 14.9. The van der Waals surface area contributed by atoms with Crippen LogP contribution in [0.5, 0.6) is 5.75 Å². The number of carbonyl (C=O) groups excluding carboxylic acids is 1. The summed E-state index contributed by atoms with van der Waals surface area (Å²) in [5, 5.41) is 7.21. The molecule has 0 fully saturated rings. The molecule has 0 bridgehead atoms. The van der Waals surface area contributed by atoms with E-state index in [1.54, 1.807) is 37.7 Å². The van der Waals surface area contributed by atoms with Gasteiger partial charge in [0.25, 0.3) is 5.91 Å². The molecule has 162 valence electrons. The smallest absolute Gasteiger partial charge is 0.276 e. The van der Waals surface area contributed by atoms with Gasteiger partial charge < -0.3 is 10.1 Å². The van der Waals surface area contributed by atoms with Crippen LogP contribution in [0.1, 0.15) is 29.9 Å². The van der Waals surface area contributed by atoms with Crippen LogP contribution in [0.15, 0.2) is 53.4 Å². The van der Waals surface area contributed by atoms with Crippen molar-refractivity contribution in [2.24, 2.45) is 7.05 Å². The Labute approximate surface area is 181 Å².